The van der Waals surface area contributed by atoms with Crippen LogP contribution in [0.1, 0.15) is 39.0 Å². The van der Waals surface area contributed by atoms with Crippen LogP contribution in [0.2, 0.25) is 0 Å². The van der Waals surface area contributed by atoms with Gasteiger partial charge in [-0.25, -0.2) is 0 Å². The van der Waals surface area contributed by atoms with E-state index in [4.69, 9.17) is 0 Å². The fourth-order valence-electron chi connectivity index (χ4n) is 2.11. The first-order valence-corrected chi connectivity index (χ1v) is 7.52. The van der Waals surface area contributed by atoms with Gasteiger partial charge < -0.3 is 20.6 Å². The number of amides is 3. The van der Waals surface area contributed by atoms with Crippen molar-refractivity contribution in [3.05, 3.63) is 0 Å². The maximum absolute atomic E-state index is 11.7. The maximum atomic E-state index is 11.7. The Hall–Kier alpha value is -1.63. The summed E-state index contributed by atoms with van der Waals surface area (Å²) in [5.74, 6) is -0.308. The first kappa shape index (κ1) is 17.4. The van der Waals surface area contributed by atoms with Crippen molar-refractivity contribution in [1.82, 2.24) is 15.5 Å². The SMILES string of the molecule is CCC(=O)NCCCCC(=O)NCC(=O)N1CCC(O)C1. The lowest BCUT2D eigenvalue weighted by molar-refractivity contribution is -0.132. The molecule has 0 aromatic carbocycles. The second-order valence-corrected chi connectivity index (χ2v) is 5.22. The number of rotatable bonds is 8. The average molecular weight is 299 g/mol. The summed E-state index contributed by atoms with van der Waals surface area (Å²) in [5.41, 5.74) is 0. The Morgan fingerprint density at radius 1 is 1.19 bits per heavy atom. The van der Waals surface area contributed by atoms with E-state index in [2.05, 4.69) is 10.6 Å². The lowest BCUT2D eigenvalue weighted by Crippen LogP contribution is -2.39. The number of hydrogen-bond acceptors (Lipinski definition) is 4. The summed E-state index contributed by atoms with van der Waals surface area (Å²) in [6, 6.07) is 0. The molecule has 1 atom stereocenters. The molecule has 7 heteroatoms. The molecule has 3 N–H and O–H groups in total. The second-order valence-electron chi connectivity index (χ2n) is 5.22. The van der Waals surface area contributed by atoms with Crippen LogP contribution in [-0.4, -0.2) is 60.0 Å². The lowest BCUT2D eigenvalue weighted by Gasteiger charge is -2.15. The van der Waals surface area contributed by atoms with E-state index in [1.165, 1.54) is 0 Å². The summed E-state index contributed by atoms with van der Waals surface area (Å²) < 4.78 is 0. The molecule has 3 amide bonds. The van der Waals surface area contributed by atoms with Crippen molar-refractivity contribution in [3.8, 4) is 0 Å². The van der Waals surface area contributed by atoms with Gasteiger partial charge in [0.25, 0.3) is 0 Å². The predicted octanol–water partition coefficient (Wildman–Crippen LogP) is -0.608. The van der Waals surface area contributed by atoms with Gasteiger partial charge in [-0.3, -0.25) is 14.4 Å². The van der Waals surface area contributed by atoms with Crippen LogP contribution < -0.4 is 10.6 Å². The van der Waals surface area contributed by atoms with Crippen LogP contribution in [0, 0.1) is 0 Å². The highest BCUT2D eigenvalue weighted by atomic mass is 16.3. The van der Waals surface area contributed by atoms with Crippen molar-refractivity contribution in [2.45, 2.75) is 45.1 Å². The second kappa shape index (κ2) is 9.33. The number of nitrogens with one attached hydrogen (secondary N) is 2. The van der Waals surface area contributed by atoms with Gasteiger partial charge in [-0.2, -0.15) is 0 Å². The van der Waals surface area contributed by atoms with E-state index < -0.39 is 6.10 Å². The summed E-state index contributed by atoms with van der Waals surface area (Å²) in [4.78, 5) is 35.8. The first-order valence-electron chi connectivity index (χ1n) is 7.52. The van der Waals surface area contributed by atoms with E-state index in [-0.39, 0.29) is 24.3 Å². The maximum Gasteiger partial charge on any atom is 0.242 e. The molecule has 0 aromatic heterocycles. The Kier molecular flexibility index (Phi) is 7.74. The standard InChI is InChI=1S/C14H25N3O4/c1-2-12(19)15-7-4-3-5-13(20)16-9-14(21)17-8-6-11(18)10-17/h11,18H,2-10H2,1H3,(H,15,19)(H,16,20). The van der Waals surface area contributed by atoms with Gasteiger partial charge in [0.05, 0.1) is 12.6 Å². The number of aliphatic hydroxyl groups is 1. The Labute approximate surface area is 125 Å². The third-order valence-electron chi connectivity index (χ3n) is 3.43. The van der Waals surface area contributed by atoms with E-state index in [9.17, 15) is 19.5 Å². The highest BCUT2D eigenvalue weighted by molar-refractivity contribution is 5.84. The molecule has 120 valence electrons. The number of β-amino-alcohol motifs (C(OH)–C–C–N with tert-alkyl or cyclic N) is 1. The summed E-state index contributed by atoms with van der Waals surface area (Å²) in [5, 5.41) is 14.7. The molecule has 1 saturated heterocycles. The zero-order chi connectivity index (χ0) is 15.7. The topological polar surface area (TPSA) is 98.7 Å². The molecule has 1 aliphatic heterocycles. The number of hydrogen-bond donors (Lipinski definition) is 3. The molecule has 7 nitrogen and oxygen atoms in total. The predicted molar refractivity (Wildman–Crippen MR) is 77.4 cm³/mol. The molecule has 1 heterocycles. The Balaban J connectivity index is 2.03. The summed E-state index contributed by atoms with van der Waals surface area (Å²) in [6.07, 6.45) is 2.38. The van der Waals surface area contributed by atoms with Crippen LogP contribution in [0.15, 0.2) is 0 Å². The molecule has 1 unspecified atom stereocenters. The molecule has 0 aliphatic carbocycles. The van der Waals surface area contributed by atoms with Crippen LogP contribution in [0.4, 0.5) is 0 Å². The minimum absolute atomic E-state index is 0.0119. The highest BCUT2D eigenvalue weighted by Crippen LogP contribution is 2.08. The van der Waals surface area contributed by atoms with Crippen LogP contribution in [0.3, 0.4) is 0 Å². The molecule has 0 radical (unpaired) electrons. The number of likely N-dealkylation sites (tertiary alicyclic amines) is 1. The quantitative estimate of drug-likeness (QED) is 0.521. The smallest absolute Gasteiger partial charge is 0.242 e. The number of carbonyl (C=O) groups is 3. The normalized spacial score (nSPS) is 17.6. The van der Waals surface area contributed by atoms with Gasteiger partial charge in [-0.15, -0.1) is 0 Å². The van der Waals surface area contributed by atoms with Gasteiger partial charge in [0, 0.05) is 32.5 Å². The monoisotopic (exact) mass is 299 g/mol. The number of carbonyl (C=O) groups excluding carboxylic acids is 3. The summed E-state index contributed by atoms with van der Waals surface area (Å²) in [6.45, 7) is 3.25. The van der Waals surface area contributed by atoms with Crippen molar-refractivity contribution >= 4 is 17.7 Å². The van der Waals surface area contributed by atoms with Gasteiger partial charge >= 0.3 is 0 Å². The summed E-state index contributed by atoms with van der Waals surface area (Å²) >= 11 is 0. The van der Waals surface area contributed by atoms with Crippen LogP contribution >= 0.6 is 0 Å². The molecule has 0 spiro atoms. The summed E-state index contributed by atoms with van der Waals surface area (Å²) in [7, 11) is 0. The molecule has 1 rings (SSSR count). The minimum Gasteiger partial charge on any atom is -0.391 e. The van der Waals surface area contributed by atoms with Crippen molar-refractivity contribution in [2.75, 3.05) is 26.2 Å². The molecule has 0 saturated carbocycles. The minimum atomic E-state index is -0.442. The van der Waals surface area contributed by atoms with Crippen molar-refractivity contribution in [1.29, 1.82) is 0 Å². The van der Waals surface area contributed by atoms with E-state index >= 15 is 0 Å². The Morgan fingerprint density at radius 3 is 2.57 bits per heavy atom. The average Bonchev–Trinajstić information content (AvgIpc) is 2.90. The fourth-order valence-corrected chi connectivity index (χ4v) is 2.11. The number of aliphatic hydroxyl groups excluding tert-OH is 1. The zero-order valence-corrected chi connectivity index (χ0v) is 12.6. The van der Waals surface area contributed by atoms with Gasteiger partial charge in [0.15, 0.2) is 0 Å². The van der Waals surface area contributed by atoms with Gasteiger partial charge in [0.1, 0.15) is 0 Å². The lowest BCUT2D eigenvalue weighted by atomic mass is 10.2. The Morgan fingerprint density at radius 2 is 1.95 bits per heavy atom. The molecule has 0 bridgehead atoms. The molecular formula is C14H25N3O4. The highest BCUT2D eigenvalue weighted by Gasteiger charge is 2.24. The van der Waals surface area contributed by atoms with E-state index in [0.29, 0.717) is 45.3 Å². The molecular weight excluding hydrogens is 274 g/mol. The van der Waals surface area contributed by atoms with Crippen molar-refractivity contribution < 1.29 is 19.5 Å². The van der Waals surface area contributed by atoms with Gasteiger partial charge in [-0.05, 0) is 19.3 Å². The third kappa shape index (κ3) is 7.08. The van der Waals surface area contributed by atoms with Crippen LogP contribution in [0.5, 0.6) is 0 Å². The van der Waals surface area contributed by atoms with Gasteiger partial charge in [0.2, 0.25) is 17.7 Å². The first-order chi connectivity index (χ1) is 10.0. The van der Waals surface area contributed by atoms with E-state index in [1.54, 1.807) is 11.8 Å². The zero-order valence-electron chi connectivity index (χ0n) is 12.6. The van der Waals surface area contributed by atoms with Crippen molar-refractivity contribution in [3.63, 3.8) is 0 Å². The van der Waals surface area contributed by atoms with Crippen LogP contribution in [-0.2, 0) is 14.4 Å². The molecule has 1 fully saturated rings. The molecule has 0 aromatic rings. The van der Waals surface area contributed by atoms with Crippen molar-refractivity contribution in [2.24, 2.45) is 0 Å². The van der Waals surface area contributed by atoms with Gasteiger partial charge in [-0.1, -0.05) is 6.92 Å². The van der Waals surface area contributed by atoms with E-state index in [1.807, 2.05) is 0 Å². The number of nitrogens with zero attached hydrogens (tertiary/aromatic N) is 1. The Bertz CT molecular complexity index is 373. The largest absolute Gasteiger partial charge is 0.391 e. The molecule has 1 aliphatic rings. The fraction of sp³-hybridized carbons (Fsp3) is 0.786. The number of unbranched alkanes of at least 4 members (excludes halogenated alkanes) is 1. The van der Waals surface area contributed by atoms with E-state index in [0.717, 1.165) is 6.42 Å². The van der Waals surface area contributed by atoms with Crippen LogP contribution in [0.25, 0.3) is 0 Å². The molecule has 21 heavy (non-hydrogen) atoms. The third-order valence-corrected chi connectivity index (χ3v) is 3.43.